The molecule has 0 aromatic rings. The van der Waals surface area contributed by atoms with Crippen LogP contribution >= 0.6 is 0 Å². The van der Waals surface area contributed by atoms with Gasteiger partial charge >= 0.3 is 0 Å². The summed E-state index contributed by atoms with van der Waals surface area (Å²) >= 11 is 0. The van der Waals surface area contributed by atoms with Gasteiger partial charge in [0.2, 0.25) is 10.0 Å². The van der Waals surface area contributed by atoms with Gasteiger partial charge < -0.3 is 0 Å². The molecule has 3 nitrogen and oxygen atoms in total. The maximum Gasteiger partial charge on any atom is 0.211 e. The molecule has 2 atom stereocenters. The molecule has 4 heteroatoms. The second-order valence-electron chi connectivity index (χ2n) is 4.26. The SMILES string of the molecule is O=S1(=O)CC[C@@H]2CCCC[C@@H]2CN1. The molecule has 0 bridgehead atoms. The average Bonchev–Trinajstić information content (AvgIpc) is 2.27. The molecule has 0 aromatic heterocycles. The van der Waals surface area contributed by atoms with Gasteiger partial charge in [-0.15, -0.1) is 0 Å². The first-order valence-electron chi connectivity index (χ1n) is 5.15. The molecule has 1 heterocycles. The minimum Gasteiger partial charge on any atom is -0.215 e. The highest BCUT2D eigenvalue weighted by Crippen LogP contribution is 2.33. The predicted molar refractivity (Wildman–Crippen MR) is 51.9 cm³/mol. The van der Waals surface area contributed by atoms with Gasteiger partial charge in [0, 0.05) is 6.54 Å². The smallest absolute Gasteiger partial charge is 0.211 e. The molecule has 13 heavy (non-hydrogen) atoms. The topological polar surface area (TPSA) is 46.2 Å². The highest BCUT2D eigenvalue weighted by atomic mass is 32.2. The number of hydrogen-bond acceptors (Lipinski definition) is 2. The lowest BCUT2D eigenvalue weighted by atomic mass is 9.78. The summed E-state index contributed by atoms with van der Waals surface area (Å²) in [4.78, 5) is 0. The van der Waals surface area contributed by atoms with E-state index < -0.39 is 10.0 Å². The first kappa shape index (κ1) is 9.46. The van der Waals surface area contributed by atoms with E-state index in [-0.39, 0.29) is 0 Å². The summed E-state index contributed by atoms with van der Waals surface area (Å²) in [6.45, 7) is 0.688. The average molecular weight is 203 g/mol. The van der Waals surface area contributed by atoms with Gasteiger partial charge in [0.15, 0.2) is 0 Å². The van der Waals surface area contributed by atoms with Crippen molar-refractivity contribution >= 4 is 10.0 Å². The first-order chi connectivity index (χ1) is 6.17. The molecule has 2 rings (SSSR count). The molecular weight excluding hydrogens is 186 g/mol. The van der Waals surface area contributed by atoms with Crippen molar-refractivity contribution in [3.63, 3.8) is 0 Å². The van der Waals surface area contributed by atoms with Gasteiger partial charge in [0.05, 0.1) is 5.75 Å². The molecule has 0 amide bonds. The molecule has 1 saturated carbocycles. The zero-order valence-corrected chi connectivity index (χ0v) is 8.65. The zero-order valence-electron chi connectivity index (χ0n) is 7.83. The Morgan fingerprint density at radius 1 is 1.00 bits per heavy atom. The maximum absolute atomic E-state index is 11.3. The third-order valence-corrected chi connectivity index (χ3v) is 4.77. The van der Waals surface area contributed by atoms with E-state index in [1.165, 1.54) is 25.7 Å². The molecule has 2 aliphatic rings. The third kappa shape index (κ3) is 2.23. The van der Waals surface area contributed by atoms with E-state index in [2.05, 4.69) is 4.72 Å². The highest BCUT2D eigenvalue weighted by molar-refractivity contribution is 7.89. The zero-order chi connectivity index (χ0) is 9.31. The van der Waals surface area contributed by atoms with Crippen molar-refractivity contribution in [1.82, 2.24) is 4.72 Å². The van der Waals surface area contributed by atoms with Crippen LogP contribution in [-0.2, 0) is 10.0 Å². The maximum atomic E-state index is 11.3. The fraction of sp³-hybridized carbons (Fsp3) is 1.00. The van der Waals surface area contributed by atoms with E-state index in [0.717, 1.165) is 6.42 Å². The van der Waals surface area contributed by atoms with Gasteiger partial charge in [-0.2, -0.15) is 0 Å². The number of fused-ring (bicyclic) bond motifs is 1. The molecular formula is C9H17NO2S. The molecule has 1 N–H and O–H groups in total. The molecule has 0 aromatic carbocycles. The Balaban J connectivity index is 2.07. The normalized spacial score (nSPS) is 39.1. The van der Waals surface area contributed by atoms with E-state index in [9.17, 15) is 8.42 Å². The van der Waals surface area contributed by atoms with Gasteiger partial charge in [-0.3, -0.25) is 0 Å². The lowest BCUT2D eigenvalue weighted by Gasteiger charge is -2.28. The summed E-state index contributed by atoms with van der Waals surface area (Å²) in [7, 11) is -2.93. The summed E-state index contributed by atoms with van der Waals surface area (Å²) in [5, 5.41) is 0. The molecule has 1 saturated heterocycles. The second-order valence-corrected chi connectivity index (χ2v) is 6.19. The summed E-state index contributed by atoms with van der Waals surface area (Å²) in [5.41, 5.74) is 0. The Morgan fingerprint density at radius 3 is 2.46 bits per heavy atom. The second kappa shape index (κ2) is 3.58. The van der Waals surface area contributed by atoms with Crippen LogP contribution in [0, 0.1) is 11.8 Å². The quantitative estimate of drug-likeness (QED) is 0.641. The van der Waals surface area contributed by atoms with Crippen LogP contribution in [0.2, 0.25) is 0 Å². The Labute approximate surface area is 80.0 Å². The van der Waals surface area contributed by atoms with Gasteiger partial charge in [0.25, 0.3) is 0 Å². The Bertz CT molecular complexity index is 251. The van der Waals surface area contributed by atoms with Crippen LogP contribution in [0.1, 0.15) is 32.1 Å². The highest BCUT2D eigenvalue weighted by Gasteiger charge is 2.30. The minimum absolute atomic E-state index is 0.341. The van der Waals surface area contributed by atoms with Crippen molar-refractivity contribution < 1.29 is 8.42 Å². The number of hydrogen-bond donors (Lipinski definition) is 1. The van der Waals surface area contributed by atoms with Crippen LogP contribution in [0.25, 0.3) is 0 Å². The first-order valence-corrected chi connectivity index (χ1v) is 6.80. The van der Waals surface area contributed by atoms with Crippen LogP contribution in [0.15, 0.2) is 0 Å². The van der Waals surface area contributed by atoms with Crippen LogP contribution < -0.4 is 4.72 Å². The molecule has 0 radical (unpaired) electrons. The molecule has 2 fully saturated rings. The van der Waals surface area contributed by atoms with Crippen molar-refractivity contribution in [2.75, 3.05) is 12.3 Å². The van der Waals surface area contributed by atoms with E-state index in [0.29, 0.717) is 24.1 Å². The van der Waals surface area contributed by atoms with Crippen LogP contribution in [-0.4, -0.2) is 20.7 Å². The van der Waals surface area contributed by atoms with Crippen molar-refractivity contribution in [3.05, 3.63) is 0 Å². The number of sulfonamides is 1. The molecule has 0 unspecified atom stereocenters. The van der Waals surface area contributed by atoms with Crippen molar-refractivity contribution in [2.45, 2.75) is 32.1 Å². The lowest BCUT2D eigenvalue weighted by molar-refractivity contribution is 0.239. The Morgan fingerprint density at radius 2 is 1.69 bits per heavy atom. The van der Waals surface area contributed by atoms with Crippen molar-refractivity contribution in [2.24, 2.45) is 11.8 Å². The summed E-state index contributed by atoms with van der Waals surface area (Å²) < 4.78 is 25.3. The Kier molecular flexibility index (Phi) is 2.60. The fourth-order valence-corrected chi connectivity index (χ4v) is 3.77. The molecule has 1 aliphatic heterocycles. The minimum atomic E-state index is -2.93. The predicted octanol–water partition coefficient (Wildman–Crippen LogP) is 1.12. The largest absolute Gasteiger partial charge is 0.215 e. The fourth-order valence-electron chi connectivity index (χ4n) is 2.55. The monoisotopic (exact) mass is 203 g/mol. The lowest BCUT2D eigenvalue weighted by Crippen LogP contribution is -2.29. The van der Waals surface area contributed by atoms with Gasteiger partial charge in [-0.1, -0.05) is 19.3 Å². The number of rotatable bonds is 0. The van der Waals surface area contributed by atoms with E-state index in [1.807, 2.05) is 0 Å². The van der Waals surface area contributed by atoms with E-state index >= 15 is 0 Å². The van der Waals surface area contributed by atoms with E-state index in [4.69, 9.17) is 0 Å². The summed E-state index contributed by atoms with van der Waals surface area (Å²) in [6, 6.07) is 0. The van der Waals surface area contributed by atoms with Crippen LogP contribution in [0.4, 0.5) is 0 Å². The number of nitrogens with one attached hydrogen (secondary N) is 1. The van der Waals surface area contributed by atoms with Gasteiger partial charge in [-0.25, -0.2) is 13.1 Å². The standard InChI is InChI=1S/C9H17NO2S/c11-13(12)6-5-8-3-1-2-4-9(8)7-10-13/h8-10H,1-7H2/t8-,9+/m0/s1. The molecule has 0 spiro atoms. The molecule has 76 valence electrons. The van der Waals surface area contributed by atoms with Crippen molar-refractivity contribution in [3.8, 4) is 0 Å². The third-order valence-electron chi connectivity index (χ3n) is 3.39. The van der Waals surface area contributed by atoms with Gasteiger partial charge in [0.1, 0.15) is 0 Å². The molecule has 1 aliphatic carbocycles. The summed E-state index contributed by atoms with van der Waals surface area (Å²) in [6.07, 6.45) is 5.90. The van der Waals surface area contributed by atoms with Gasteiger partial charge in [-0.05, 0) is 24.7 Å². The Hall–Kier alpha value is -0.0900. The van der Waals surface area contributed by atoms with E-state index in [1.54, 1.807) is 0 Å². The van der Waals surface area contributed by atoms with Crippen LogP contribution in [0.3, 0.4) is 0 Å². The van der Waals surface area contributed by atoms with Crippen molar-refractivity contribution in [1.29, 1.82) is 0 Å². The summed E-state index contributed by atoms with van der Waals surface area (Å²) in [5.74, 6) is 1.62. The van der Waals surface area contributed by atoms with Crippen LogP contribution in [0.5, 0.6) is 0 Å².